The third-order valence-corrected chi connectivity index (χ3v) is 4.10. The summed E-state index contributed by atoms with van der Waals surface area (Å²) in [7, 11) is 0. The highest BCUT2D eigenvalue weighted by molar-refractivity contribution is 5.93. The number of hydrogen-bond donors (Lipinski definition) is 1. The Kier molecular flexibility index (Phi) is 4.68. The Labute approximate surface area is 151 Å². The highest BCUT2D eigenvalue weighted by atomic mass is 19.1. The molecular weight excluding hydrogens is 335 g/mol. The standard InChI is InChI=1S/C19H21FN4O2/c1-19(2,3)26-18(25)24-8-7-13(11-24)22-17-16-12(5-4-6-15(16)20)9-14(10-21)23-17/h4-6,9,13H,7-8,11H2,1-3H3,(H,22,23). The summed E-state index contributed by atoms with van der Waals surface area (Å²) >= 11 is 0. The van der Waals surface area contributed by atoms with E-state index in [1.807, 2.05) is 26.8 Å². The van der Waals surface area contributed by atoms with Crippen LogP contribution in [-0.4, -0.2) is 40.7 Å². The van der Waals surface area contributed by atoms with Crippen LogP contribution < -0.4 is 5.32 Å². The molecule has 0 aliphatic carbocycles. The number of anilines is 1. The van der Waals surface area contributed by atoms with Crippen LogP contribution in [0.2, 0.25) is 0 Å². The molecule has 1 amide bonds. The minimum Gasteiger partial charge on any atom is -0.444 e. The Morgan fingerprint density at radius 1 is 1.46 bits per heavy atom. The van der Waals surface area contributed by atoms with Crippen molar-refractivity contribution < 1.29 is 13.9 Å². The molecule has 2 heterocycles. The number of rotatable bonds is 2. The van der Waals surface area contributed by atoms with Gasteiger partial charge in [-0.25, -0.2) is 14.2 Å². The third kappa shape index (κ3) is 3.85. The number of fused-ring (bicyclic) bond motifs is 1. The fourth-order valence-corrected chi connectivity index (χ4v) is 2.99. The van der Waals surface area contributed by atoms with Crippen LogP contribution in [0.4, 0.5) is 15.0 Å². The van der Waals surface area contributed by atoms with Gasteiger partial charge < -0.3 is 15.0 Å². The Hall–Kier alpha value is -2.88. The number of nitrogens with zero attached hydrogens (tertiary/aromatic N) is 3. The summed E-state index contributed by atoms with van der Waals surface area (Å²) in [4.78, 5) is 18.0. The molecule has 1 saturated heterocycles. The molecule has 1 atom stereocenters. The molecular formula is C19H21FN4O2. The first kappa shape index (κ1) is 17.9. The fraction of sp³-hybridized carbons (Fsp3) is 0.421. The zero-order chi connectivity index (χ0) is 18.9. The van der Waals surface area contributed by atoms with Crippen molar-refractivity contribution in [3.63, 3.8) is 0 Å². The number of carbonyl (C=O) groups excluding carboxylic acids is 1. The summed E-state index contributed by atoms with van der Waals surface area (Å²) in [5.41, 5.74) is -0.336. The van der Waals surface area contributed by atoms with E-state index < -0.39 is 11.4 Å². The zero-order valence-corrected chi connectivity index (χ0v) is 15.0. The Morgan fingerprint density at radius 2 is 2.23 bits per heavy atom. The number of benzene rings is 1. The van der Waals surface area contributed by atoms with Crippen molar-refractivity contribution in [2.24, 2.45) is 0 Å². The van der Waals surface area contributed by atoms with Gasteiger partial charge in [-0.1, -0.05) is 12.1 Å². The van der Waals surface area contributed by atoms with Gasteiger partial charge in [0.05, 0.1) is 5.39 Å². The maximum atomic E-state index is 14.3. The predicted octanol–water partition coefficient (Wildman–Crippen LogP) is 3.67. The van der Waals surface area contributed by atoms with Crippen molar-refractivity contribution in [2.45, 2.75) is 38.8 Å². The van der Waals surface area contributed by atoms with E-state index in [2.05, 4.69) is 10.3 Å². The monoisotopic (exact) mass is 356 g/mol. The second-order valence-electron chi connectivity index (χ2n) is 7.36. The van der Waals surface area contributed by atoms with Gasteiger partial charge in [0.15, 0.2) is 0 Å². The molecule has 1 N–H and O–H groups in total. The van der Waals surface area contributed by atoms with Gasteiger partial charge in [0.1, 0.15) is 29.0 Å². The van der Waals surface area contributed by atoms with Gasteiger partial charge in [-0.3, -0.25) is 0 Å². The summed E-state index contributed by atoms with van der Waals surface area (Å²) < 4.78 is 19.7. The zero-order valence-electron chi connectivity index (χ0n) is 15.0. The number of ether oxygens (including phenoxy) is 1. The van der Waals surface area contributed by atoms with E-state index in [9.17, 15) is 14.4 Å². The molecule has 0 radical (unpaired) electrons. The highest BCUT2D eigenvalue weighted by Crippen LogP contribution is 2.27. The molecule has 1 aliphatic rings. The maximum absolute atomic E-state index is 14.3. The minimum atomic E-state index is -0.551. The molecule has 1 fully saturated rings. The molecule has 2 aromatic rings. The number of carbonyl (C=O) groups is 1. The van der Waals surface area contributed by atoms with Crippen LogP contribution in [0, 0.1) is 17.1 Å². The summed E-state index contributed by atoms with van der Waals surface area (Å²) in [6, 6.07) is 8.18. The van der Waals surface area contributed by atoms with E-state index in [4.69, 9.17) is 4.74 Å². The lowest BCUT2D eigenvalue weighted by Crippen LogP contribution is -2.36. The van der Waals surface area contributed by atoms with E-state index in [0.29, 0.717) is 36.1 Å². The van der Waals surface area contributed by atoms with Crippen LogP contribution in [0.5, 0.6) is 0 Å². The number of nitriles is 1. The third-order valence-electron chi connectivity index (χ3n) is 4.10. The molecule has 0 saturated carbocycles. The Morgan fingerprint density at radius 3 is 2.92 bits per heavy atom. The predicted molar refractivity (Wildman–Crippen MR) is 96.3 cm³/mol. The first-order valence-corrected chi connectivity index (χ1v) is 8.50. The van der Waals surface area contributed by atoms with Crippen LogP contribution in [0.3, 0.4) is 0 Å². The van der Waals surface area contributed by atoms with E-state index in [1.54, 1.807) is 23.1 Å². The van der Waals surface area contributed by atoms with Crippen LogP contribution in [0.1, 0.15) is 32.9 Å². The van der Waals surface area contributed by atoms with E-state index in [-0.39, 0.29) is 17.8 Å². The molecule has 0 bridgehead atoms. The molecule has 26 heavy (non-hydrogen) atoms. The van der Waals surface area contributed by atoms with Crippen molar-refractivity contribution in [2.75, 3.05) is 18.4 Å². The van der Waals surface area contributed by atoms with Gasteiger partial charge in [-0.15, -0.1) is 0 Å². The van der Waals surface area contributed by atoms with Crippen LogP contribution >= 0.6 is 0 Å². The summed E-state index contributed by atoms with van der Waals surface area (Å²) in [5, 5.41) is 13.3. The number of halogens is 1. The van der Waals surface area contributed by atoms with Crippen molar-refractivity contribution in [3.8, 4) is 6.07 Å². The normalized spacial score (nSPS) is 17.2. The number of amides is 1. The molecule has 0 spiro atoms. The quantitative estimate of drug-likeness (QED) is 0.888. The largest absolute Gasteiger partial charge is 0.444 e. The number of nitrogens with one attached hydrogen (secondary N) is 1. The molecule has 3 rings (SSSR count). The van der Waals surface area contributed by atoms with Crippen molar-refractivity contribution >= 4 is 22.7 Å². The second-order valence-corrected chi connectivity index (χ2v) is 7.36. The molecule has 1 aliphatic heterocycles. The van der Waals surface area contributed by atoms with Crippen molar-refractivity contribution in [3.05, 3.63) is 35.8 Å². The van der Waals surface area contributed by atoms with Gasteiger partial charge in [-0.2, -0.15) is 5.26 Å². The van der Waals surface area contributed by atoms with Crippen LogP contribution in [-0.2, 0) is 4.74 Å². The summed E-state index contributed by atoms with van der Waals surface area (Å²) in [5.74, 6) is -0.0721. The number of likely N-dealkylation sites (tertiary alicyclic amines) is 1. The molecule has 1 aromatic carbocycles. The average Bonchev–Trinajstić information content (AvgIpc) is 3.01. The van der Waals surface area contributed by atoms with Crippen LogP contribution in [0.15, 0.2) is 24.3 Å². The highest BCUT2D eigenvalue weighted by Gasteiger charge is 2.30. The molecule has 136 valence electrons. The summed E-state index contributed by atoms with van der Waals surface area (Å²) in [6.07, 6.45) is 0.324. The van der Waals surface area contributed by atoms with Gasteiger partial charge >= 0.3 is 6.09 Å². The summed E-state index contributed by atoms with van der Waals surface area (Å²) in [6.45, 7) is 6.45. The lowest BCUT2D eigenvalue weighted by Gasteiger charge is -2.24. The minimum absolute atomic E-state index is 0.0910. The van der Waals surface area contributed by atoms with Gasteiger partial charge in [0.2, 0.25) is 0 Å². The topological polar surface area (TPSA) is 78.2 Å². The number of pyridine rings is 1. The molecule has 1 aromatic heterocycles. The smallest absolute Gasteiger partial charge is 0.410 e. The van der Waals surface area contributed by atoms with Gasteiger partial charge in [0.25, 0.3) is 0 Å². The van der Waals surface area contributed by atoms with E-state index >= 15 is 0 Å². The van der Waals surface area contributed by atoms with Gasteiger partial charge in [0, 0.05) is 19.1 Å². The van der Waals surface area contributed by atoms with Crippen molar-refractivity contribution in [1.82, 2.24) is 9.88 Å². The number of aromatic nitrogens is 1. The lowest BCUT2D eigenvalue weighted by atomic mass is 10.1. The van der Waals surface area contributed by atoms with E-state index in [1.165, 1.54) is 6.07 Å². The molecule has 7 heteroatoms. The van der Waals surface area contributed by atoms with Crippen LogP contribution in [0.25, 0.3) is 10.8 Å². The SMILES string of the molecule is CC(C)(C)OC(=O)N1CCC(Nc2nc(C#N)cc3cccc(F)c23)C1. The Balaban J connectivity index is 1.80. The van der Waals surface area contributed by atoms with Gasteiger partial charge in [-0.05, 0) is 44.7 Å². The molecule has 1 unspecified atom stereocenters. The first-order chi connectivity index (χ1) is 12.3. The number of hydrogen-bond acceptors (Lipinski definition) is 5. The lowest BCUT2D eigenvalue weighted by molar-refractivity contribution is 0.0293. The van der Waals surface area contributed by atoms with E-state index in [0.717, 1.165) is 0 Å². The maximum Gasteiger partial charge on any atom is 0.410 e. The van der Waals surface area contributed by atoms with Crippen molar-refractivity contribution in [1.29, 1.82) is 5.26 Å². The average molecular weight is 356 g/mol. The second kappa shape index (κ2) is 6.79. The molecule has 6 nitrogen and oxygen atoms in total. The first-order valence-electron chi connectivity index (χ1n) is 8.50. The Bertz CT molecular complexity index is 885. The fourth-order valence-electron chi connectivity index (χ4n) is 2.99.